The van der Waals surface area contributed by atoms with Crippen molar-refractivity contribution in [2.45, 2.75) is 25.8 Å². The Balaban J connectivity index is 1.72. The molecule has 1 amide bonds. The quantitative estimate of drug-likeness (QED) is 0.827. The van der Waals surface area contributed by atoms with Gasteiger partial charge in [-0.15, -0.1) is 0 Å². The van der Waals surface area contributed by atoms with Crippen LogP contribution in [0.25, 0.3) is 0 Å². The summed E-state index contributed by atoms with van der Waals surface area (Å²) in [5, 5.41) is 5.93. The Kier molecular flexibility index (Phi) is 5.36. The summed E-state index contributed by atoms with van der Waals surface area (Å²) in [4.78, 5) is 11.8. The molecule has 0 aromatic heterocycles. The van der Waals surface area contributed by atoms with Crippen molar-refractivity contribution in [3.8, 4) is 0 Å². The maximum Gasteiger partial charge on any atom is 0.221 e. The molecule has 21 heavy (non-hydrogen) atoms. The number of hydrogen-bond donors (Lipinski definition) is 2. The van der Waals surface area contributed by atoms with Gasteiger partial charge in [-0.1, -0.05) is 29.8 Å². The van der Waals surface area contributed by atoms with Gasteiger partial charge in [0.2, 0.25) is 5.91 Å². The molecule has 1 atom stereocenters. The van der Waals surface area contributed by atoms with Crippen molar-refractivity contribution in [1.82, 2.24) is 10.6 Å². The van der Waals surface area contributed by atoms with Crippen molar-refractivity contribution in [3.05, 3.63) is 35.4 Å². The second-order valence-electron chi connectivity index (χ2n) is 5.56. The van der Waals surface area contributed by atoms with Crippen molar-refractivity contribution in [3.63, 3.8) is 0 Å². The number of benzene rings is 1. The van der Waals surface area contributed by atoms with Crippen LogP contribution in [0.15, 0.2) is 24.3 Å². The lowest BCUT2D eigenvalue weighted by atomic mass is 10.1. The number of sulfone groups is 1. The minimum atomic E-state index is -2.99. The summed E-state index contributed by atoms with van der Waals surface area (Å²) in [5.74, 6) is 0.119. The van der Waals surface area contributed by atoms with Crippen molar-refractivity contribution in [1.29, 1.82) is 0 Å². The number of amides is 1. The van der Waals surface area contributed by atoms with Gasteiger partial charge >= 0.3 is 0 Å². The van der Waals surface area contributed by atoms with E-state index < -0.39 is 9.84 Å². The summed E-state index contributed by atoms with van der Waals surface area (Å²) in [6.07, 6.45) is 0.997. The van der Waals surface area contributed by atoms with Gasteiger partial charge in [0, 0.05) is 25.6 Å². The van der Waals surface area contributed by atoms with Gasteiger partial charge in [-0.25, -0.2) is 8.42 Å². The molecule has 1 aromatic rings. The second kappa shape index (κ2) is 7.04. The normalized spacial score (nSPS) is 20.9. The monoisotopic (exact) mass is 310 g/mol. The minimum absolute atomic E-state index is 0.0539. The second-order valence-corrected chi connectivity index (χ2v) is 7.79. The SMILES string of the molecule is Cc1cccc(CCNC(=O)CC2CS(=O)(=O)CCN2)c1. The highest BCUT2D eigenvalue weighted by Gasteiger charge is 2.25. The molecule has 1 aliphatic heterocycles. The first-order valence-corrected chi connectivity index (χ1v) is 9.03. The molecule has 116 valence electrons. The van der Waals surface area contributed by atoms with E-state index in [1.165, 1.54) is 11.1 Å². The van der Waals surface area contributed by atoms with E-state index in [1.807, 2.05) is 25.1 Å². The first kappa shape index (κ1) is 16.0. The molecule has 0 radical (unpaired) electrons. The first-order valence-electron chi connectivity index (χ1n) is 7.21. The van der Waals surface area contributed by atoms with Crippen LogP contribution in [-0.2, 0) is 21.1 Å². The van der Waals surface area contributed by atoms with Gasteiger partial charge in [0.05, 0.1) is 11.5 Å². The molecule has 1 aliphatic rings. The Labute approximate surface area is 126 Å². The van der Waals surface area contributed by atoms with E-state index in [9.17, 15) is 13.2 Å². The van der Waals surface area contributed by atoms with E-state index >= 15 is 0 Å². The molecule has 1 unspecified atom stereocenters. The molecular formula is C15H22N2O3S. The molecule has 0 aliphatic carbocycles. The van der Waals surface area contributed by atoms with Crippen LogP contribution in [0, 0.1) is 6.92 Å². The molecule has 1 saturated heterocycles. The molecular weight excluding hydrogens is 288 g/mol. The molecule has 1 heterocycles. The third kappa shape index (κ3) is 5.47. The molecule has 0 bridgehead atoms. The van der Waals surface area contributed by atoms with E-state index in [2.05, 4.69) is 16.7 Å². The van der Waals surface area contributed by atoms with Crippen molar-refractivity contribution >= 4 is 15.7 Å². The predicted octanol–water partition coefficient (Wildman–Crippen LogP) is 0.430. The molecule has 0 spiro atoms. The molecule has 2 N–H and O–H groups in total. The summed E-state index contributed by atoms with van der Waals surface area (Å²) in [6, 6.07) is 7.92. The van der Waals surface area contributed by atoms with Gasteiger partial charge in [-0.3, -0.25) is 4.79 Å². The maximum absolute atomic E-state index is 11.8. The topological polar surface area (TPSA) is 75.3 Å². The van der Waals surface area contributed by atoms with Crippen LogP contribution in [0.2, 0.25) is 0 Å². The Bertz CT molecular complexity index is 599. The summed E-state index contributed by atoms with van der Waals surface area (Å²) in [6.45, 7) is 3.04. The summed E-state index contributed by atoms with van der Waals surface area (Å²) in [5.41, 5.74) is 2.39. The fourth-order valence-electron chi connectivity index (χ4n) is 2.51. The van der Waals surface area contributed by atoms with Crippen molar-refractivity contribution in [2.75, 3.05) is 24.6 Å². The van der Waals surface area contributed by atoms with E-state index in [1.54, 1.807) is 0 Å². The third-order valence-corrected chi connectivity index (χ3v) is 5.29. The molecule has 1 aromatic carbocycles. The van der Waals surface area contributed by atoms with Gasteiger partial charge in [0.15, 0.2) is 9.84 Å². The fraction of sp³-hybridized carbons (Fsp3) is 0.533. The number of carbonyl (C=O) groups is 1. The number of hydrogen-bond acceptors (Lipinski definition) is 4. The lowest BCUT2D eigenvalue weighted by Crippen LogP contribution is -2.47. The molecule has 1 fully saturated rings. The van der Waals surface area contributed by atoms with Gasteiger partial charge in [-0.05, 0) is 18.9 Å². The first-order chi connectivity index (χ1) is 9.94. The minimum Gasteiger partial charge on any atom is -0.356 e. The van der Waals surface area contributed by atoms with Crippen LogP contribution in [0.4, 0.5) is 0 Å². The highest BCUT2D eigenvalue weighted by Crippen LogP contribution is 2.06. The largest absolute Gasteiger partial charge is 0.356 e. The zero-order chi connectivity index (χ0) is 15.3. The summed E-state index contributed by atoms with van der Waals surface area (Å²) in [7, 11) is -2.99. The van der Waals surface area contributed by atoms with Crippen molar-refractivity contribution < 1.29 is 13.2 Å². The van der Waals surface area contributed by atoms with E-state index in [0.29, 0.717) is 13.1 Å². The number of aryl methyl sites for hydroxylation is 1. The molecule has 6 heteroatoms. The summed E-state index contributed by atoms with van der Waals surface area (Å²) < 4.78 is 23.0. The van der Waals surface area contributed by atoms with E-state index in [0.717, 1.165) is 6.42 Å². The molecule has 5 nitrogen and oxygen atoms in total. The lowest BCUT2D eigenvalue weighted by Gasteiger charge is -2.23. The Hall–Kier alpha value is -1.40. The lowest BCUT2D eigenvalue weighted by molar-refractivity contribution is -0.121. The maximum atomic E-state index is 11.8. The standard InChI is InChI=1S/C15H22N2O3S/c1-12-3-2-4-13(9-12)5-6-17-15(18)10-14-11-21(19,20)8-7-16-14/h2-4,9,14,16H,5-8,10-11H2,1H3,(H,17,18). The van der Waals surface area contributed by atoms with Crippen molar-refractivity contribution in [2.24, 2.45) is 0 Å². The predicted molar refractivity (Wildman–Crippen MR) is 83.0 cm³/mol. The van der Waals surface area contributed by atoms with Gasteiger partial charge in [0.25, 0.3) is 0 Å². The Morgan fingerprint density at radius 3 is 2.95 bits per heavy atom. The van der Waals surface area contributed by atoms with Crippen LogP contribution in [0.5, 0.6) is 0 Å². The van der Waals surface area contributed by atoms with Crippen LogP contribution < -0.4 is 10.6 Å². The third-order valence-electron chi connectivity index (χ3n) is 3.55. The van der Waals surface area contributed by atoms with E-state index in [-0.39, 0.29) is 29.9 Å². The highest BCUT2D eigenvalue weighted by atomic mass is 32.2. The number of carbonyl (C=O) groups excluding carboxylic acids is 1. The smallest absolute Gasteiger partial charge is 0.221 e. The van der Waals surface area contributed by atoms with Gasteiger partial charge < -0.3 is 10.6 Å². The van der Waals surface area contributed by atoms with Crippen LogP contribution in [0.3, 0.4) is 0 Å². The van der Waals surface area contributed by atoms with Crippen LogP contribution in [0.1, 0.15) is 17.5 Å². The fourth-order valence-corrected chi connectivity index (χ4v) is 3.95. The molecule has 0 saturated carbocycles. The van der Waals surface area contributed by atoms with E-state index in [4.69, 9.17) is 0 Å². The zero-order valence-corrected chi connectivity index (χ0v) is 13.1. The average Bonchev–Trinajstić information content (AvgIpc) is 2.37. The Morgan fingerprint density at radius 2 is 2.24 bits per heavy atom. The zero-order valence-electron chi connectivity index (χ0n) is 12.3. The summed E-state index contributed by atoms with van der Waals surface area (Å²) >= 11 is 0. The molecule has 2 rings (SSSR count). The Morgan fingerprint density at radius 1 is 1.43 bits per heavy atom. The van der Waals surface area contributed by atoms with Gasteiger partial charge in [0.1, 0.15) is 0 Å². The average molecular weight is 310 g/mol. The van der Waals surface area contributed by atoms with Crippen LogP contribution >= 0.6 is 0 Å². The van der Waals surface area contributed by atoms with Crippen LogP contribution in [-0.4, -0.2) is 45.0 Å². The van der Waals surface area contributed by atoms with Gasteiger partial charge in [-0.2, -0.15) is 0 Å². The highest BCUT2D eigenvalue weighted by molar-refractivity contribution is 7.91. The number of rotatable bonds is 5. The number of nitrogens with one attached hydrogen (secondary N) is 2.